The van der Waals surface area contributed by atoms with Gasteiger partial charge in [-0.05, 0) is 49.4 Å². The van der Waals surface area contributed by atoms with Crippen molar-refractivity contribution in [1.29, 1.82) is 0 Å². The van der Waals surface area contributed by atoms with Crippen LogP contribution in [0, 0.1) is 6.92 Å². The molecule has 0 saturated heterocycles. The fourth-order valence-electron chi connectivity index (χ4n) is 2.35. The standard InChI is InChI=1S/C19H17ClN4O3S/c1-11-16(17(25)22-13-6-8-15(27-2)9-7-13)28-19(21-11)24-18(26)23-14-5-3-4-12(20)10-14/h3-10H,1-2H3,(H,22,25)(H2,21,23,24,26). The Kier molecular flexibility index (Phi) is 6.13. The molecule has 0 fully saturated rings. The number of amides is 3. The van der Waals surface area contributed by atoms with Crippen LogP contribution in [-0.4, -0.2) is 24.0 Å². The maximum atomic E-state index is 12.5. The van der Waals surface area contributed by atoms with E-state index >= 15 is 0 Å². The van der Waals surface area contributed by atoms with Crippen molar-refractivity contribution in [2.75, 3.05) is 23.1 Å². The van der Waals surface area contributed by atoms with E-state index in [1.807, 2.05) is 0 Å². The van der Waals surface area contributed by atoms with Crippen LogP contribution in [0.3, 0.4) is 0 Å². The molecule has 1 heterocycles. The van der Waals surface area contributed by atoms with Gasteiger partial charge in [0, 0.05) is 16.4 Å². The van der Waals surface area contributed by atoms with E-state index in [2.05, 4.69) is 20.9 Å². The third kappa shape index (κ3) is 4.99. The second-order valence-corrected chi connectivity index (χ2v) is 7.14. The van der Waals surface area contributed by atoms with Gasteiger partial charge in [-0.2, -0.15) is 0 Å². The maximum absolute atomic E-state index is 12.5. The van der Waals surface area contributed by atoms with Gasteiger partial charge in [0.05, 0.1) is 12.8 Å². The van der Waals surface area contributed by atoms with E-state index in [9.17, 15) is 9.59 Å². The van der Waals surface area contributed by atoms with Crippen molar-refractivity contribution in [2.45, 2.75) is 6.92 Å². The molecule has 0 saturated carbocycles. The van der Waals surface area contributed by atoms with Gasteiger partial charge in [0.15, 0.2) is 5.13 Å². The third-order valence-electron chi connectivity index (χ3n) is 3.65. The topological polar surface area (TPSA) is 92.4 Å². The first-order valence-electron chi connectivity index (χ1n) is 8.21. The molecule has 3 amide bonds. The lowest BCUT2D eigenvalue weighted by Gasteiger charge is -2.05. The number of aromatic nitrogens is 1. The lowest BCUT2D eigenvalue weighted by Crippen LogP contribution is -2.19. The van der Waals surface area contributed by atoms with Crippen LogP contribution in [0.25, 0.3) is 0 Å². The number of carbonyl (C=O) groups excluding carboxylic acids is 2. The fraction of sp³-hybridized carbons (Fsp3) is 0.105. The normalized spacial score (nSPS) is 10.2. The van der Waals surface area contributed by atoms with E-state index in [-0.39, 0.29) is 5.91 Å². The minimum Gasteiger partial charge on any atom is -0.497 e. The summed E-state index contributed by atoms with van der Waals surface area (Å²) < 4.78 is 5.09. The predicted molar refractivity (Wildman–Crippen MR) is 112 cm³/mol. The van der Waals surface area contributed by atoms with Crippen LogP contribution in [0.1, 0.15) is 15.4 Å². The lowest BCUT2D eigenvalue weighted by atomic mass is 10.3. The van der Waals surface area contributed by atoms with Gasteiger partial charge in [0.25, 0.3) is 5.91 Å². The highest BCUT2D eigenvalue weighted by Crippen LogP contribution is 2.25. The van der Waals surface area contributed by atoms with Crippen molar-refractivity contribution in [2.24, 2.45) is 0 Å². The molecule has 0 aliphatic rings. The number of hydrogen-bond donors (Lipinski definition) is 3. The predicted octanol–water partition coefficient (Wildman–Crippen LogP) is 5.01. The number of anilines is 3. The summed E-state index contributed by atoms with van der Waals surface area (Å²) in [6.45, 7) is 1.71. The summed E-state index contributed by atoms with van der Waals surface area (Å²) in [6.07, 6.45) is 0. The Balaban J connectivity index is 1.64. The summed E-state index contributed by atoms with van der Waals surface area (Å²) in [6, 6.07) is 13.3. The molecular formula is C19H17ClN4O3S. The minimum atomic E-state index is -0.474. The van der Waals surface area contributed by atoms with Crippen LogP contribution in [0.2, 0.25) is 5.02 Å². The molecule has 7 nitrogen and oxygen atoms in total. The average molecular weight is 417 g/mol. The molecule has 0 aliphatic carbocycles. The molecule has 0 aliphatic heterocycles. The first kappa shape index (κ1) is 19.7. The van der Waals surface area contributed by atoms with Crippen molar-refractivity contribution >= 4 is 51.4 Å². The van der Waals surface area contributed by atoms with E-state index < -0.39 is 6.03 Å². The Morgan fingerprint density at radius 1 is 1.04 bits per heavy atom. The monoisotopic (exact) mass is 416 g/mol. The SMILES string of the molecule is COc1ccc(NC(=O)c2sc(NC(=O)Nc3cccc(Cl)c3)nc2C)cc1. The highest BCUT2D eigenvalue weighted by molar-refractivity contribution is 7.17. The molecule has 3 rings (SSSR count). The number of nitrogens with one attached hydrogen (secondary N) is 3. The zero-order chi connectivity index (χ0) is 20.1. The number of ether oxygens (including phenoxy) is 1. The van der Waals surface area contributed by atoms with Crippen molar-refractivity contribution in [1.82, 2.24) is 4.98 Å². The van der Waals surface area contributed by atoms with E-state index in [1.165, 1.54) is 0 Å². The van der Waals surface area contributed by atoms with Crippen LogP contribution in [-0.2, 0) is 0 Å². The summed E-state index contributed by atoms with van der Waals surface area (Å²) >= 11 is 6.99. The molecule has 144 valence electrons. The van der Waals surface area contributed by atoms with Crippen LogP contribution >= 0.6 is 22.9 Å². The van der Waals surface area contributed by atoms with Crippen molar-refractivity contribution in [3.8, 4) is 5.75 Å². The smallest absolute Gasteiger partial charge is 0.325 e. The quantitative estimate of drug-likeness (QED) is 0.545. The van der Waals surface area contributed by atoms with Crippen LogP contribution < -0.4 is 20.7 Å². The molecule has 2 aromatic carbocycles. The van der Waals surface area contributed by atoms with Gasteiger partial charge in [-0.1, -0.05) is 29.0 Å². The highest BCUT2D eigenvalue weighted by Gasteiger charge is 2.17. The summed E-state index contributed by atoms with van der Waals surface area (Å²) in [4.78, 5) is 29.3. The van der Waals surface area contributed by atoms with Crippen LogP contribution in [0.5, 0.6) is 5.75 Å². The van der Waals surface area contributed by atoms with Crippen LogP contribution in [0.4, 0.5) is 21.3 Å². The molecular weight excluding hydrogens is 400 g/mol. The Morgan fingerprint density at radius 3 is 2.46 bits per heavy atom. The fourth-order valence-corrected chi connectivity index (χ4v) is 3.40. The first-order chi connectivity index (χ1) is 13.4. The Hall–Kier alpha value is -3.10. The number of urea groups is 1. The van der Waals surface area contributed by atoms with Gasteiger partial charge in [0.1, 0.15) is 10.6 Å². The zero-order valence-corrected chi connectivity index (χ0v) is 16.6. The van der Waals surface area contributed by atoms with Gasteiger partial charge < -0.3 is 15.4 Å². The first-order valence-corrected chi connectivity index (χ1v) is 9.40. The Labute approximate surface area is 170 Å². The molecule has 0 atom stereocenters. The number of halogens is 1. The summed E-state index contributed by atoms with van der Waals surface area (Å²) in [7, 11) is 1.57. The number of carbonyl (C=O) groups is 2. The molecule has 3 aromatic rings. The summed E-state index contributed by atoms with van der Waals surface area (Å²) in [5.74, 6) is 0.396. The van der Waals surface area contributed by atoms with Gasteiger partial charge in [-0.15, -0.1) is 0 Å². The zero-order valence-electron chi connectivity index (χ0n) is 15.1. The molecule has 0 unspecified atom stereocenters. The van der Waals surface area contributed by atoms with Gasteiger partial charge in [-0.25, -0.2) is 9.78 Å². The number of thiazole rings is 1. The van der Waals surface area contributed by atoms with Gasteiger partial charge >= 0.3 is 6.03 Å². The number of benzene rings is 2. The van der Waals surface area contributed by atoms with E-state index in [0.29, 0.717) is 37.8 Å². The van der Waals surface area contributed by atoms with Crippen molar-refractivity contribution < 1.29 is 14.3 Å². The number of methoxy groups -OCH3 is 1. The maximum Gasteiger partial charge on any atom is 0.325 e. The van der Waals surface area contributed by atoms with Gasteiger partial charge in [-0.3, -0.25) is 10.1 Å². The molecule has 0 radical (unpaired) electrons. The Bertz CT molecular complexity index is 1000. The van der Waals surface area contributed by atoms with Crippen molar-refractivity contribution in [3.63, 3.8) is 0 Å². The average Bonchev–Trinajstić information content (AvgIpc) is 3.02. The minimum absolute atomic E-state index is 0.302. The molecule has 0 spiro atoms. The van der Waals surface area contributed by atoms with Gasteiger partial charge in [0.2, 0.25) is 0 Å². The van der Waals surface area contributed by atoms with Crippen molar-refractivity contribution in [3.05, 3.63) is 64.1 Å². The molecule has 0 bridgehead atoms. The molecule has 28 heavy (non-hydrogen) atoms. The van der Waals surface area contributed by atoms with E-state index in [1.54, 1.807) is 62.6 Å². The summed E-state index contributed by atoms with van der Waals surface area (Å²) in [5.41, 5.74) is 1.71. The number of nitrogens with zero attached hydrogens (tertiary/aromatic N) is 1. The Morgan fingerprint density at radius 2 is 1.79 bits per heavy atom. The van der Waals surface area contributed by atoms with E-state index in [0.717, 1.165) is 11.3 Å². The van der Waals surface area contributed by atoms with E-state index in [4.69, 9.17) is 16.3 Å². The summed E-state index contributed by atoms with van der Waals surface area (Å²) in [5, 5.41) is 8.91. The largest absolute Gasteiger partial charge is 0.497 e. The third-order valence-corrected chi connectivity index (χ3v) is 4.96. The highest BCUT2D eigenvalue weighted by atomic mass is 35.5. The number of aryl methyl sites for hydroxylation is 1. The molecule has 3 N–H and O–H groups in total. The molecule has 1 aromatic heterocycles. The van der Waals surface area contributed by atoms with Crippen LogP contribution in [0.15, 0.2) is 48.5 Å². The number of hydrogen-bond acceptors (Lipinski definition) is 5. The second kappa shape index (κ2) is 8.73. The second-order valence-electron chi connectivity index (χ2n) is 5.71. The lowest BCUT2D eigenvalue weighted by molar-refractivity contribution is 0.102. The number of rotatable bonds is 5. The molecule has 9 heteroatoms.